The molecule has 0 radical (unpaired) electrons. The van der Waals surface area contributed by atoms with Crippen molar-refractivity contribution in [1.29, 1.82) is 0 Å². The Morgan fingerprint density at radius 1 is 0.509 bits per heavy atom. The Morgan fingerprint density at radius 3 is 1.64 bits per heavy atom. The van der Waals surface area contributed by atoms with Gasteiger partial charge in [-0.1, -0.05) is 164 Å². The van der Waals surface area contributed by atoms with Gasteiger partial charge in [-0.15, -0.1) is 0 Å². The van der Waals surface area contributed by atoms with E-state index in [-0.39, 0.29) is 12.3 Å². The molecule has 0 aromatic heterocycles. The Bertz CT molecular complexity index is 2510. The highest BCUT2D eigenvalue weighted by Crippen LogP contribution is 2.41. The van der Waals surface area contributed by atoms with Crippen LogP contribution in [0.1, 0.15) is 47.3 Å². The molecule has 2 aliphatic heterocycles. The third kappa shape index (κ3) is 6.81. The van der Waals surface area contributed by atoms with Gasteiger partial charge in [0, 0.05) is 16.8 Å². The number of fused-ring (bicyclic) bond motifs is 1. The summed E-state index contributed by atoms with van der Waals surface area (Å²) in [5.74, 6) is 1.55. The van der Waals surface area contributed by atoms with Crippen molar-refractivity contribution in [2.45, 2.75) is 39.5 Å². The SMILES string of the molecule is CCC1Nc2ccccc2N1c1ccc(-c2ccc(-c3ccccc3-c3ccc(C4N=C(c5ccc(C)cc5)N=C(c5ccc(C)cc5)N4)cc3)cc2)cc1. The van der Waals surface area contributed by atoms with Crippen LogP contribution < -0.4 is 15.5 Å². The zero-order valence-corrected chi connectivity index (χ0v) is 31.4. The van der Waals surface area contributed by atoms with Crippen LogP contribution in [0.3, 0.4) is 0 Å². The standard InChI is InChI=1S/C50H43N5/c1-4-47-51-45-11-7-8-12-46(45)55(47)42-31-29-36(30-32-42)35-21-23-37(24-22-35)43-9-5-6-10-44(43)38-25-27-41(28-26-38)50-53-48(39-17-13-33(2)14-18-39)52-49(54-50)40-19-15-34(3)16-20-40/h5-32,47,50-51H,4H2,1-3H3,(H,52,53,54). The second-order valence-corrected chi connectivity index (χ2v) is 14.4. The van der Waals surface area contributed by atoms with E-state index in [1.807, 2.05) is 0 Å². The first-order valence-corrected chi connectivity index (χ1v) is 19.1. The summed E-state index contributed by atoms with van der Waals surface area (Å²) in [4.78, 5) is 12.5. The second-order valence-electron chi connectivity index (χ2n) is 14.4. The molecule has 5 nitrogen and oxygen atoms in total. The summed E-state index contributed by atoms with van der Waals surface area (Å²) in [5, 5.41) is 7.28. The molecule has 9 rings (SSSR count). The monoisotopic (exact) mass is 713 g/mol. The van der Waals surface area contributed by atoms with Crippen LogP contribution in [0.5, 0.6) is 0 Å². The van der Waals surface area contributed by atoms with Crippen molar-refractivity contribution in [3.8, 4) is 33.4 Å². The quantitative estimate of drug-likeness (QED) is 0.165. The van der Waals surface area contributed by atoms with Gasteiger partial charge in [0.05, 0.1) is 11.4 Å². The number of anilines is 3. The minimum atomic E-state index is -0.271. The molecule has 268 valence electrons. The molecule has 2 unspecified atom stereocenters. The molecule has 5 heteroatoms. The van der Waals surface area contributed by atoms with E-state index in [0.29, 0.717) is 0 Å². The highest BCUT2D eigenvalue weighted by atomic mass is 15.3. The molecule has 0 spiro atoms. The summed E-state index contributed by atoms with van der Waals surface area (Å²) >= 11 is 0. The molecule has 2 atom stereocenters. The predicted molar refractivity (Wildman–Crippen MR) is 230 cm³/mol. The van der Waals surface area contributed by atoms with Crippen LogP contribution >= 0.6 is 0 Å². The van der Waals surface area contributed by atoms with Gasteiger partial charge in [-0.05, 0) is 83.5 Å². The number of nitrogens with zero attached hydrogens (tertiary/aromatic N) is 3. The molecule has 7 aromatic carbocycles. The normalized spacial score (nSPS) is 16.1. The van der Waals surface area contributed by atoms with Gasteiger partial charge < -0.3 is 15.5 Å². The summed E-state index contributed by atoms with van der Waals surface area (Å²) in [5.41, 5.74) is 16.3. The summed E-state index contributed by atoms with van der Waals surface area (Å²) < 4.78 is 0. The number of benzene rings is 7. The Kier molecular flexibility index (Phi) is 9.05. The highest BCUT2D eigenvalue weighted by Gasteiger charge is 2.28. The molecule has 7 aromatic rings. The van der Waals surface area contributed by atoms with Gasteiger partial charge in [0.25, 0.3) is 0 Å². The van der Waals surface area contributed by atoms with Crippen molar-refractivity contribution in [3.63, 3.8) is 0 Å². The number of hydrogen-bond donors (Lipinski definition) is 2. The maximum atomic E-state index is 5.10. The van der Waals surface area contributed by atoms with Crippen LogP contribution in [0.25, 0.3) is 33.4 Å². The summed E-state index contributed by atoms with van der Waals surface area (Å²) in [6.07, 6.45) is 0.988. The largest absolute Gasteiger partial charge is 0.363 e. The van der Waals surface area contributed by atoms with Crippen LogP contribution in [0.4, 0.5) is 17.1 Å². The molecule has 0 saturated heterocycles. The summed E-state index contributed by atoms with van der Waals surface area (Å²) in [6.45, 7) is 6.42. The van der Waals surface area contributed by atoms with Gasteiger partial charge in [0.2, 0.25) is 0 Å². The average molecular weight is 714 g/mol. The van der Waals surface area contributed by atoms with Gasteiger partial charge in [-0.2, -0.15) is 0 Å². The summed E-state index contributed by atoms with van der Waals surface area (Å²) in [6, 6.07) is 60.8. The molecule has 2 aliphatic rings. The van der Waals surface area contributed by atoms with E-state index in [0.717, 1.165) is 40.3 Å². The highest BCUT2D eigenvalue weighted by molar-refractivity contribution is 6.13. The lowest BCUT2D eigenvalue weighted by Crippen LogP contribution is -2.33. The molecular formula is C50H43N5. The molecule has 0 fully saturated rings. The first-order chi connectivity index (χ1) is 27.0. The number of aliphatic imine (C=N–C) groups is 2. The first-order valence-electron chi connectivity index (χ1n) is 19.1. The molecule has 0 amide bonds. The van der Waals surface area contributed by atoms with E-state index in [1.165, 1.54) is 56.0 Å². The average Bonchev–Trinajstić information content (AvgIpc) is 3.63. The van der Waals surface area contributed by atoms with E-state index >= 15 is 0 Å². The Hall–Kier alpha value is -6.72. The molecule has 2 heterocycles. The van der Waals surface area contributed by atoms with E-state index < -0.39 is 0 Å². The lowest BCUT2D eigenvalue weighted by Gasteiger charge is -2.26. The number of hydrogen-bond acceptors (Lipinski definition) is 5. The minimum absolute atomic E-state index is 0.250. The fourth-order valence-corrected chi connectivity index (χ4v) is 7.62. The third-order valence-corrected chi connectivity index (χ3v) is 10.7. The van der Waals surface area contributed by atoms with Crippen LogP contribution in [-0.4, -0.2) is 17.8 Å². The molecule has 0 saturated carbocycles. The lowest BCUT2D eigenvalue weighted by atomic mass is 9.92. The van der Waals surface area contributed by atoms with Crippen molar-refractivity contribution in [1.82, 2.24) is 5.32 Å². The van der Waals surface area contributed by atoms with Crippen molar-refractivity contribution >= 4 is 28.7 Å². The zero-order valence-electron chi connectivity index (χ0n) is 31.4. The Labute approximate surface area is 323 Å². The van der Waals surface area contributed by atoms with Crippen molar-refractivity contribution in [2.75, 3.05) is 10.2 Å². The predicted octanol–water partition coefficient (Wildman–Crippen LogP) is 12.1. The van der Waals surface area contributed by atoms with Gasteiger partial charge in [0.15, 0.2) is 5.84 Å². The minimum Gasteiger partial charge on any atom is -0.363 e. The number of para-hydroxylation sites is 2. The van der Waals surface area contributed by atoms with Gasteiger partial charge >= 0.3 is 0 Å². The maximum absolute atomic E-state index is 5.10. The topological polar surface area (TPSA) is 52.0 Å². The first kappa shape index (κ1) is 34.1. The number of aryl methyl sites for hydroxylation is 2. The van der Waals surface area contributed by atoms with Crippen molar-refractivity contribution in [3.05, 3.63) is 198 Å². The molecule has 0 bridgehead atoms. The molecular weight excluding hydrogens is 671 g/mol. The van der Waals surface area contributed by atoms with Gasteiger partial charge in [-0.25, -0.2) is 9.98 Å². The number of nitrogens with one attached hydrogen (secondary N) is 2. The van der Waals surface area contributed by atoms with E-state index in [9.17, 15) is 0 Å². The second kappa shape index (κ2) is 14.6. The zero-order chi connectivity index (χ0) is 37.3. The van der Waals surface area contributed by atoms with Gasteiger partial charge in [0.1, 0.15) is 18.2 Å². The van der Waals surface area contributed by atoms with Crippen LogP contribution in [0, 0.1) is 13.8 Å². The fourth-order valence-electron chi connectivity index (χ4n) is 7.62. The van der Waals surface area contributed by atoms with Crippen molar-refractivity contribution < 1.29 is 0 Å². The van der Waals surface area contributed by atoms with Crippen LogP contribution in [0.2, 0.25) is 0 Å². The third-order valence-electron chi connectivity index (χ3n) is 10.7. The summed E-state index contributed by atoms with van der Waals surface area (Å²) in [7, 11) is 0. The van der Waals surface area contributed by atoms with Crippen LogP contribution in [0.15, 0.2) is 180 Å². The lowest BCUT2D eigenvalue weighted by molar-refractivity contribution is 0.674. The van der Waals surface area contributed by atoms with E-state index in [2.05, 4.69) is 206 Å². The number of rotatable bonds is 8. The number of amidine groups is 2. The Morgan fingerprint density at radius 2 is 1.02 bits per heavy atom. The maximum Gasteiger partial charge on any atom is 0.159 e. The van der Waals surface area contributed by atoms with Gasteiger partial charge in [-0.3, -0.25) is 0 Å². The molecule has 55 heavy (non-hydrogen) atoms. The van der Waals surface area contributed by atoms with Crippen LogP contribution in [-0.2, 0) is 0 Å². The van der Waals surface area contributed by atoms with E-state index in [1.54, 1.807) is 0 Å². The van der Waals surface area contributed by atoms with E-state index in [4.69, 9.17) is 9.98 Å². The Balaban J connectivity index is 0.961. The fraction of sp³-hybridized carbons (Fsp3) is 0.120. The molecule has 2 N–H and O–H groups in total. The van der Waals surface area contributed by atoms with Crippen molar-refractivity contribution in [2.24, 2.45) is 9.98 Å². The smallest absolute Gasteiger partial charge is 0.159 e. The molecule has 0 aliphatic carbocycles.